The monoisotopic (exact) mass is 632 g/mol. The third-order valence-corrected chi connectivity index (χ3v) is 4.82. The van der Waals surface area contributed by atoms with Gasteiger partial charge in [-0.3, -0.25) is 9.97 Å². The van der Waals surface area contributed by atoms with Crippen molar-refractivity contribution in [1.29, 1.82) is 0 Å². The van der Waals surface area contributed by atoms with Crippen LogP contribution < -0.4 is 24.8 Å². The van der Waals surface area contributed by atoms with Gasteiger partial charge in [0.2, 0.25) is 0 Å². The van der Waals surface area contributed by atoms with Crippen LogP contribution in [0.25, 0.3) is 33.6 Å². The number of carboxylic acid groups (broad SMARTS) is 3. The molecule has 2 aromatic carbocycles. The molecular formula is C30H29MnN2O10. The van der Waals surface area contributed by atoms with Crippen LogP contribution in [0.1, 0.15) is 20.8 Å². The Labute approximate surface area is 258 Å². The summed E-state index contributed by atoms with van der Waals surface area (Å²) in [5.41, 5.74) is 4.22. The standard InChI is InChI=1S/C24H20N2O4.3C2H4O2.Mn/c1-29-17-5-9-23(27)19(11-17)15-3-7-21(25-13-15)22-8-4-16(14-26-22)20-12-18(30-2)6-10-24(20)28;3*1-2(3)4;/h3-14,27-28H,1-2H3;3*1H3,(H,3,4);/q;;;;+3/p-3. The van der Waals surface area contributed by atoms with Gasteiger partial charge in [0.25, 0.3) is 0 Å². The SMILES string of the molecule is CC(=O)[O-].CC(=O)[O-].CC(=O)[O-].COc1ccc(O)c(-c2ccc(-c3ccc(-c4cc(OC)ccc4O)cn3)nc2)c1.[Mn+3]. The summed E-state index contributed by atoms with van der Waals surface area (Å²) in [6.45, 7) is 2.92. The van der Waals surface area contributed by atoms with Gasteiger partial charge in [0.1, 0.15) is 23.0 Å². The number of aromatic nitrogens is 2. The first-order valence-corrected chi connectivity index (χ1v) is 12.0. The Bertz CT molecular complexity index is 1340. The van der Waals surface area contributed by atoms with Crippen molar-refractivity contribution in [2.45, 2.75) is 20.8 Å². The smallest absolute Gasteiger partial charge is 0.550 e. The van der Waals surface area contributed by atoms with Gasteiger partial charge in [0.15, 0.2) is 0 Å². The quantitative estimate of drug-likeness (QED) is 0.298. The molecule has 4 rings (SSSR count). The fourth-order valence-corrected chi connectivity index (χ4v) is 3.16. The van der Waals surface area contributed by atoms with Crippen molar-refractivity contribution < 1.29 is 66.5 Å². The molecule has 0 atom stereocenters. The van der Waals surface area contributed by atoms with Gasteiger partial charge < -0.3 is 49.4 Å². The van der Waals surface area contributed by atoms with E-state index in [0.29, 0.717) is 34.0 Å². The number of aromatic hydroxyl groups is 2. The predicted octanol–water partition coefficient (Wildman–Crippen LogP) is 1.17. The van der Waals surface area contributed by atoms with Crippen LogP contribution in [0.3, 0.4) is 0 Å². The normalized spacial score (nSPS) is 9.14. The van der Waals surface area contributed by atoms with Gasteiger partial charge in [0.05, 0.1) is 25.6 Å². The summed E-state index contributed by atoms with van der Waals surface area (Å²) in [6, 6.07) is 17.6. The van der Waals surface area contributed by atoms with Crippen molar-refractivity contribution in [3.8, 4) is 56.6 Å². The second-order valence-electron chi connectivity index (χ2n) is 8.11. The molecule has 2 aromatic heterocycles. The van der Waals surface area contributed by atoms with Crippen LogP contribution in [-0.2, 0) is 31.5 Å². The zero-order valence-corrected chi connectivity index (χ0v) is 25.0. The van der Waals surface area contributed by atoms with Crippen LogP contribution >= 0.6 is 0 Å². The number of aliphatic carboxylic acids is 3. The van der Waals surface area contributed by atoms with E-state index in [4.69, 9.17) is 39.2 Å². The minimum Gasteiger partial charge on any atom is -0.550 e. The Morgan fingerprint density at radius 3 is 1.14 bits per heavy atom. The summed E-state index contributed by atoms with van der Waals surface area (Å²) in [5, 5.41) is 47.0. The summed E-state index contributed by atoms with van der Waals surface area (Å²) in [7, 11) is 3.16. The molecule has 43 heavy (non-hydrogen) atoms. The zero-order valence-electron chi connectivity index (χ0n) is 23.9. The summed E-state index contributed by atoms with van der Waals surface area (Å²) in [6.07, 6.45) is 3.38. The van der Waals surface area contributed by atoms with Crippen molar-refractivity contribution >= 4 is 17.9 Å². The molecule has 0 bridgehead atoms. The van der Waals surface area contributed by atoms with Crippen molar-refractivity contribution in [3.05, 3.63) is 73.1 Å². The maximum atomic E-state index is 10.1. The number of carboxylic acids is 3. The third-order valence-electron chi connectivity index (χ3n) is 4.82. The van der Waals surface area contributed by atoms with Gasteiger partial charge in [-0.2, -0.15) is 0 Å². The molecule has 13 heteroatoms. The zero-order chi connectivity index (χ0) is 31.8. The molecule has 12 nitrogen and oxygen atoms in total. The van der Waals surface area contributed by atoms with E-state index in [0.717, 1.165) is 31.9 Å². The van der Waals surface area contributed by atoms with E-state index in [9.17, 15) is 10.2 Å². The number of carbonyl (C=O) groups is 3. The number of rotatable bonds is 5. The Kier molecular flexibility index (Phi) is 16.8. The molecule has 0 saturated carbocycles. The predicted molar refractivity (Wildman–Crippen MR) is 147 cm³/mol. The second-order valence-corrected chi connectivity index (χ2v) is 8.11. The average molecular weight is 633 g/mol. The first kappa shape index (κ1) is 37.9. The fourth-order valence-electron chi connectivity index (χ4n) is 3.16. The summed E-state index contributed by atoms with van der Waals surface area (Å²) < 4.78 is 10.5. The van der Waals surface area contributed by atoms with E-state index in [-0.39, 0.29) is 28.6 Å². The maximum Gasteiger partial charge on any atom is 3.00 e. The van der Waals surface area contributed by atoms with E-state index < -0.39 is 17.9 Å². The van der Waals surface area contributed by atoms with Crippen LogP contribution in [0.4, 0.5) is 0 Å². The van der Waals surface area contributed by atoms with E-state index in [2.05, 4.69) is 9.97 Å². The van der Waals surface area contributed by atoms with Gasteiger partial charge in [-0.05, 0) is 69.3 Å². The van der Waals surface area contributed by atoms with E-state index in [1.807, 2.05) is 24.3 Å². The topological polar surface area (TPSA) is 205 Å². The van der Waals surface area contributed by atoms with Gasteiger partial charge in [-0.15, -0.1) is 0 Å². The third kappa shape index (κ3) is 13.9. The molecule has 0 aliphatic heterocycles. The Balaban J connectivity index is 0.00000116. The number of benzene rings is 2. The van der Waals surface area contributed by atoms with E-state index >= 15 is 0 Å². The molecule has 0 radical (unpaired) electrons. The number of hydrogen-bond acceptors (Lipinski definition) is 12. The molecule has 2 N–H and O–H groups in total. The average Bonchev–Trinajstić information content (AvgIpc) is 2.93. The van der Waals surface area contributed by atoms with Crippen molar-refractivity contribution in [2.75, 3.05) is 14.2 Å². The minimum absolute atomic E-state index is 0. The molecular weight excluding hydrogens is 603 g/mol. The van der Waals surface area contributed by atoms with Gasteiger partial charge in [-0.25, -0.2) is 0 Å². The molecule has 0 fully saturated rings. The van der Waals surface area contributed by atoms with E-state index in [1.54, 1.807) is 63.0 Å². The number of pyridine rings is 2. The van der Waals surface area contributed by atoms with Crippen LogP contribution in [0.5, 0.6) is 23.0 Å². The molecule has 0 unspecified atom stereocenters. The number of phenols is 2. The number of ether oxygens (including phenoxy) is 2. The molecule has 2 heterocycles. The van der Waals surface area contributed by atoms with Crippen molar-refractivity contribution in [3.63, 3.8) is 0 Å². The number of phenolic OH excluding ortho intramolecular Hbond substituents is 2. The molecule has 4 aromatic rings. The first-order chi connectivity index (χ1) is 19.8. The van der Waals surface area contributed by atoms with Crippen molar-refractivity contribution in [2.24, 2.45) is 0 Å². The Morgan fingerprint density at radius 2 is 0.907 bits per heavy atom. The number of hydrogen-bond donors (Lipinski definition) is 2. The summed E-state index contributed by atoms with van der Waals surface area (Å²) >= 11 is 0. The molecule has 226 valence electrons. The number of methoxy groups -OCH3 is 2. The van der Waals surface area contributed by atoms with Gasteiger partial charge >= 0.3 is 17.1 Å². The van der Waals surface area contributed by atoms with Crippen LogP contribution in [0.2, 0.25) is 0 Å². The van der Waals surface area contributed by atoms with Gasteiger partial charge in [0, 0.05) is 52.6 Å². The Morgan fingerprint density at radius 1 is 0.605 bits per heavy atom. The fraction of sp³-hybridized carbons (Fsp3) is 0.167. The second kappa shape index (κ2) is 19.1. The van der Waals surface area contributed by atoms with Crippen molar-refractivity contribution in [1.82, 2.24) is 9.97 Å². The molecule has 0 aliphatic carbocycles. The first-order valence-electron chi connectivity index (χ1n) is 12.0. The van der Waals surface area contributed by atoms with Crippen LogP contribution in [0, 0.1) is 0 Å². The number of nitrogens with zero attached hydrogens (tertiary/aromatic N) is 2. The molecule has 0 aliphatic rings. The van der Waals surface area contributed by atoms with Crippen LogP contribution in [0.15, 0.2) is 73.1 Å². The molecule has 0 spiro atoms. The minimum atomic E-state index is -1.08. The maximum absolute atomic E-state index is 10.1. The number of carbonyl (C=O) groups excluding carboxylic acids is 3. The van der Waals surface area contributed by atoms with Crippen LogP contribution in [-0.4, -0.2) is 52.3 Å². The molecule has 0 saturated heterocycles. The van der Waals surface area contributed by atoms with E-state index in [1.165, 1.54) is 0 Å². The summed E-state index contributed by atoms with van der Waals surface area (Å²) in [4.78, 5) is 35.6. The summed E-state index contributed by atoms with van der Waals surface area (Å²) in [5.74, 6) is -1.62. The van der Waals surface area contributed by atoms with Gasteiger partial charge in [-0.1, -0.05) is 12.1 Å². The largest absolute Gasteiger partial charge is 3.00 e. The molecule has 0 amide bonds. The Hall–Kier alpha value is -5.13.